The number of hydrogen-bond donors (Lipinski definition) is 2. The quantitative estimate of drug-likeness (QED) is 0.681. The second-order valence-corrected chi connectivity index (χ2v) is 6.33. The van der Waals surface area contributed by atoms with Crippen molar-refractivity contribution in [1.29, 1.82) is 0 Å². The van der Waals surface area contributed by atoms with E-state index in [0.717, 1.165) is 17.7 Å². The first kappa shape index (κ1) is 17.1. The first-order valence-electron chi connectivity index (χ1n) is 7.99. The minimum absolute atomic E-state index is 0.0267. The standard InChI is InChI=1S/C19H18FN3OS/c1-2-13-7-9-14(10-8-13)17-12-25-19(22-17)23-18(24)11-21-16-6-4-3-5-15(16)20/h3-10,12,21H,2,11H2,1H3,(H,22,23,24). The molecule has 0 aliphatic carbocycles. The van der Waals surface area contributed by atoms with Gasteiger partial charge in [0.15, 0.2) is 5.13 Å². The summed E-state index contributed by atoms with van der Waals surface area (Å²) in [6, 6.07) is 14.4. The van der Waals surface area contributed by atoms with Crippen molar-refractivity contribution in [2.45, 2.75) is 13.3 Å². The first-order chi connectivity index (χ1) is 12.2. The predicted molar refractivity (Wildman–Crippen MR) is 100 cm³/mol. The molecule has 1 aromatic heterocycles. The fraction of sp³-hybridized carbons (Fsp3) is 0.158. The predicted octanol–water partition coefficient (Wildman–Crippen LogP) is 4.56. The zero-order chi connectivity index (χ0) is 17.6. The van der Waals surface area contributed by atoms with Gasteiger partial charge in [-0.2, -0.15) is 0 Å². The highest BCUT2D eigenvalue weighted by Crippen LogP contribution is 2.25. The van der Waals surface area contributed by atoms with Crippen LogP contribution in [0.5, 0.6) is 0 Å². The summed E-state index contributed by atoms with van der Waals surface area (Å²) in [5.74, 6) is -0.659. The van der Waals surface area contributed by atoms with Crippen LogP contribution in [0.4, 0.5) is 15.2 Å². The van der Waals surface area contributed by atoms with Crippen molar-refractivity contribution < 1.29 is 9.18 Å². The van der Waals surface area contributed by atoms with Crippen molar-refractivity contribution in [3.63, 3.8) is 0 Å². The van der Waals surface area contributed by atoms with Gasteiger partial charge in [-0.05, 0) is 24.1 Å². The van der Waals surface area contributed by atoms with Crippen molar-refractivity contribution in [2.75, 3.05) is 17.2 Å². The monoisotopic (exact) mass is 355 g/mol. The molecule has 3 aromatic rings. The number of carbonyl (C=O) groups is 1. The van der Waals surface area contributed by atoms with Gasteiger partial charge in [0, 0.05) is 10.9 Å². The van der Waals surface area contributed by atoms with E-state index in [9.17, 15) is 9.18 Å². The summed E-state index contributed by atoms with van der Waals surface area (Å²) in [6.45, 7) is 2.09. The highest BCUT2D eigenvalue weighted by Gasteiger charge is 2.09. The van der Waals surface area contributed by atoms with Crippen LogP contribution in [-0.2, 0) is 11.2 Å². The molecular weight excluding hydrogens is 337 g/mol. The van der Waals surface area contributed by atoms with Crippen molar-refractivity contribution >= 4 is 28.1 Å². The molecule has 0 saturated carbocycles. The Kier molecular flexibility index (Phi) is 5.40. The number of nitrogens with zero attached hydrogens (tertiary/aromatic N) is 1. The van der Waals surface area contributed by atoms with Crippen LogP contribution in [0.15, 0.2) is 53.9 Å². The minimum atomic E-state index is -0.387. The molecule has 0 fully saturated rings. The molecule has 4 nitrogen and oxygen atoms in total. The largest absolute Gasteiger partial charge is 0.374 e. The Morgan fingerprint density at radius 3 is 2.64 bits per heavy atom. The molecule has 1 heterocycles. The van der Waals surface area contributed by atoms with Gasteiger partial charge in [0.05, 0.1) is 17.9 Å². The van der Waals surface area contributed by atoms with Crippen LogP contribution in [-0.4, -0.2) is 17.4 Å². The number of halogens is 1. The Morgan fingerprint density at radius 2 is 1.92 bits per heavy atom. The molecule has 0 aliphatic rings. The van der Waals surface area contributed by atoms with E-state index in [1.165, 1.54) is 23.0 Å². The summed E-state index contributed by atoms with van der Waals surface area (Å²) in [5, 5.41) is 7.93. The SMILES string of the molecule is CCc1ccc(-c2csc(NC(=O)CNc3ccccc3F)n2)cc1. The van der Waals surface area contributed by atoms with Crippen LogP contribution in [0.25, 0.3) is 11.3 Å². The number of aromatic nitrogens is 1. The van der Waals surface area contributed by atoms with Gasteiger partial charge in [-0.25, -0.2) is 9.37 Å². The van der Waals surface area contributed by atoms with Crippen molar-refractivity contribution in [3.05, 3.63) is 65.3 Å². The molecule has 128 valence electrons. The lowest BCUT2D eigenvalue weighted by Gasteiger charge is -2.06. The number of amides is 1. The van der Waals surface area contributed by atoms with E-state index < -0.39 is 0 Å². The maximum Gasteiger partial charge on any atom is 0.245 e. The average Bonchev–Trinajstić information content (AvgIpc) is 3.09. The van der Waals surface area contributed by atoms with Crippen LogP contribution in [0, 0.1) is 5.82 Å². The van der Waals surface area contributed by atoms with Gasteiger partial charge in [0.2, 0.25) is 5.91 Å². The number of thiazole rings is 1. The molecule has 2 aromatic carbocycles. The summed E-state index contributed by atoms with van der Waals surface area (Å²) in [6.07, 6.45) is 0.994. The lowest BCUT2D eigenvalue weighted by molar-refractivity contribution is -0.114. The summed E-state index contributed by atoms with van der Waals surface area (Å²) in [7, 11) is 0. The number of hydrogen-bond acceptors (Lipinski definition) is 4. The molecule has 1 amide bonds. The number of rotatable bonds is 6. The number of aryl methyl sites for hydroxylation is 1. The van der Waals surface area contributed by atoms with Gasteiger partial charge >= 0.3 is 0 Å². The molecule has 25 heavy (non-hydrogen) atoms. The fourth-order valence-electron chi connectivity index (χ4n) is 2.32. The lowest BCUT2D eigenvalue weighted by atomic mass is 10.1. The van der Waals surface area contributed by atoms with Gasteiger partial charge < -0.3 is 10.6 Å². The Balaban J connectivity index is 1.59. The van der Waals surface area contributed by atoms with Crippen LogP contribution < -0.4 is 10.6 Å². The third kappa shape index (κ3) is 4.42. The highest BCUT2D eigenvalue weighted by molar-refractivity contribution is 7.14. The fourth-order valence-corrected chi connectivity index (χ4v) is 3.05. The minimum Gasteiger partial charge on any atom is -0.374 e. The smallest absolute Gasteiger partial charge is 0.245 e. The molecule has 0 atom stereocenters. The van der Waals surface area contributed by atoms with E-state index in [-0.39, 0.29) is 18.3 Å². The molecule has 6 heteroatoms. The number of benzene rings is 2. The van der Waals surface area contributed by atoms with Gasteiger partial charge in [-0.3, -0.25) is 4.79 Å². The highest BCUT2D eigenvalue weighted by atomic mass is 32.1. The van der Waals surface area contributed by atoms with E-state index in [2.05, 4.69) is 34.7 Å². The van der Waals surface area contributed by atoms with Gasteiger partial charge in [0.1, 0.15) is 5.82 Å². The molecule has 0 radical (unpaired) electrons. The number of nitrogens with one attached hydrogen (secondary N) is 2. The Hall–Kier alpha value is -2.73. The summed E-state index contributed by atoms with van der Waals surface area (Å²) in [5.41, 5.74) is 3.41. The summed E-state index contributed by atoms with van der Waals surface area (Å²) >= 11 is 1.36. The van der Waals surface area contributed by atoms with Crippen LogP contribution in [0.1, 0.15) is 12.5 Å². The summed E-state index contributed by atoms with van der Waals surface area (Å²) < 4.78 is 13.5. The van der Waals surface area contributed by atoms with E-state index in [1.54, 1.807) is 18.2 Å². The Bertz CT molecular complexity index is 861. The molecule has 0 bridgehead atoms. The van der Waals surface area contributed by atoms with Crippen LogP contribution >= 0.6 is 11.3 Å². The van der Waals surface area contributed by atoms with E-state index in [0.29, 0.717) is 10.8 Å². The van der Waals surface area contributed by atoms with Crippen LogP contribution in [0.2, 0.25) is 0 Å². The van der Waals surface area contributed by atoms with Crippen molar-refractivity contribution in [2.24, 2.45) is 0 Å². The van der Waals surface area contributed by atoms with Gasteiger partial charge in [0.25, 0.3) is 0 Å². The number of carbonyl (C=O) groups excluding carboxylic acids is 1. The van der Waals surface area contributed by atoms with E-state index in [4.69, 9.17) is 0 Å². The molecule has 0 unspecified atom stereocenters. The number of anilines is 2. The topological polar surface area (TPSA) is 54.0 Å². The molecule has 3 rings (SSSR count). The molecule has 0 saturated heterocycles. The van der Waals surface area contributed by atoms with Crippen molar-refractivity contribution in [3.8, 4) is 11.3 Å². The third-order valence-corrected chi connectivity index (χ3v) is 4.48. The molecule has 0 spiro atoms. The maximum atomic E-state index is 13.5. The maximum absolute atomic E-state index is 13.5. The van der Waals surface area contributed by atoms with Crippen molar-refractivity contribution in [1.82, 2.24) is 4.98 Å². The molecule has 2 N–H and O–H groups in total. The molecular formula is C19H18FN3OS. The second kappa shape index (κ2) is 7.90. The Morgan fingerprint density at radius 1 is 1.16 bits per heavy atom. The van der Waals surface area contributed by atoms with E-state index >= 15 is 0 Å². The zero-order valence-electron chi connectivity index (χ0n) is 13.8. The summed E-state index contributed by atoms with van der Waals surface area (Å²) in [4.78, 5) is 16.4. The second-order valence-electron chi connectivity index (χ2n) is 5.47. The third-order valence-electron chi connectivity index (χ3n) is 3.72. The van der Waals surface area contributed by atoms with Crippen LogP contribution in [0.3, 0.4) is 0 Å². The molecule has 0 aliphatic heterocycles. The first-order valence-corrected chi connectivity index (χ1v) is 8.86. The van der Waals surface area contributed by atoms with Gasteiger partial charge in [-0.15, -0.1) is 11.3 Å². The lowest BCUT2D eigenvalue weighted by Crippen LogP contribution is -2.22. The average molecular weight is 355 g/mol. The number of para-hydroxylation sites is 1. The van der Waals surface area contributed by atoms with E-state index in [1.807, 2.05) is 17.5 Å². The van der Waals surface area contributed by atoms with Gasteiger partial charge in [-0.1, -0.05) is 43.3 Å². The Labute approximate surface area is 149 Å². The normalized spacial score (nSPS) is 10.5. The zero-order valence-corrected chi connectivity index (χ0v) is 14.6.